The van der Waals surface area contributed by atoms with Crippen LogP contribution < -0.4 is 4.90 Å². The van der Waals surface area contributed by atoms with Crippen molar-refractivity contribution in [3.63, 3.8) is 0 Å². The fraction of sp³-hybridized carbons (Fsp3) is 0.167. The largest absolute Gasteiger partial charge is 0.416 e. The number of alkyl halides is 3. The van der Waals surface area contributed by atoms with Crippen LogP contribution in [0.5, 0.6) is 0 Å². The molecule has 6 heteroatoms. The van der Waals surface area contributed by atoms with E-state index in [0.717, 1.165) is 23.3 Å². The van der Waals surface area contributed by atoms with Gasteiger partial charge in [0, 0.05) is 16.8 Å². The van der Waals surface area contributed by atoms with Gasteiger partial charge in [0.25, 0.3) is 5.91 Å². The maximum atomic E-state index is 13.0. The lowest BCUT2D eigenvalue weighted by Crippen LogP contribution is -2.29. The summed E-state index contributed by atoms with van der Waals surface area (Å²) in [6.45, 7) is 1.78. The molecular weight excluding hydrogens is 339 g/mol. The molecule has 1 aliphatic rings. The van der Waals surface area contributed by atoms with Crippen LogP contribution in [0.1, 0.15) is 24.1 Å². The quantitative estimate of drug-likeness (QED) is 0.710. The normalized spacial score (nSPS) is 18.0. The van der Waals surface area contributed by atoms with Crippen molar-refractivity contribution in [2.45, 2.75) is 19.1 Å². The van der Waals surface area contributed by atoms with E-state index in [2.05, 4.69) is 0 Å². The van der Waals surface area contributed by atoms with E-state index >= 15 is 0 Å². The number of carbonyl (C=O) groups is 1. The number of hydrogen-bond donors (Lipinski definition) is 0. The highest BCUT2D eigenvalue weighted by Crippen LogP contribution is 2.39. The zero-order chi connectivity index (χ0) is 17.5. The van der Waals surface area contributed by atoms with Crippen LogP contribution in [0.4, 0.5) is 18.9 Å². The van der Waals surface area contributed by atoms with Crippen LogP contribution in [0.3, 0.4) is 0 Å². The summed E-state index contributed by atoms with van der Waals surface area (Å²) in [6, 6.07) is 11.3. The van der Waals surface area contributed by atoms with Crippen molar-refractivity contribution in [1.82, 2.24) is 0 Å². The second-order valence-corrected chi connectivity index (χ2v) is 6.04. The molecule has 1 atom stereocenters. The van der Waals surface area contributed by atoms with Crippen LogP contribution in [-0.2, 0) is 11.0 Å². The number of amides is 1. The Labute approximate surface area is 142 Å². The molecule has 3 rings (SSSR count). The third-order valence-corrected chi connectivity index (χ3v) is 4.17. The number of nitrogens with zero attached hydrogens (tertiary/aromatic N) is 1. The molecule has 2 aromatic carbocycles. The Morgan fingerprint density at radius 2 is 1.75 bits per heavy atom. The van der Waals surface area contributed by atoms with E-state index in [4.69, 9.17) is 11.6 Å². The number of hydrogen-bond acceptors (Lipinski definition) is 1. The fourth-order valence-corrected chi connectivity index (χ4v) is 2.97. The summed E-state index contributed by atoms with van der Waals surface area (Å²) in [5.41, 5.74) is 0.978. The lowest BCUT2D eigenvalue weighted by atomic mass is 10.0. The van der Waals surface area contributed by atoms with Crippen LogP contribution in [-0.4, -0.2) is 5.91 Å². The smallest absolute Gasteiger partial charge is 0.298 e. The monoisotopic (exact) mass is 351 g/mol. The minimum Gasteiger partial charge on any atom is -0.298 e. The molecule has 1 aliphatic heterocycles. The molecule has 124 valence electrons. The minimum atomic E-state index is -4.46. The zero-order valence-electron chi connectivity index (χ0n) is 12.6. The number of rotatable bonds is 2. The molecule has 0 aliphatic carbocycles. The van der Waals surface area contributed by atoms with Gasteiger partial charge < -0.3 is 0 Å². The third kappa shape index (κ3) is 3.04. The highest BCUT2D eigenvalue weighted by Gasteiger charge is 2.35. The van der Waals surface area contributed by atoms with Crippen molar-refractivity contribution in [3.8, 4) is 0 Å². The molecule has 2 nitrogen and oxygen atoms in total. The average molecular weight is 352 g/mol. The molecule has 0 fully saturated rings. The molecule has 0 unspecified atom stereocenters. The standard InChI is InChI=1S/C18H13ClF3NO/c1-11-9-16(24)23(17(11)12-5-7-14(19)8-6-12)15-4-2-3-13(10-15)18(20,21)22/h2-10,17H,1H3/t17-/m1/s1. The maximum Gasteiger partial charge on any atom is 0.416 e. The lowest BCUT2D eigenvalue weighted by molar-refractivity contribution is -0.137. The van der Waals surface area contributed by atoms with Gasteiger partial charge in [0.05, 0.1) is 11.6 Å². The molecule has 1 heterocycles. The van der Waals surface area contributed by atoms with Gasteiger partial charge >= 0.3 is 6.18 Å². The highest BCUT2D eigenvalue weighted by atomic mass is 35.5. The molecule has 0 saturated heterocycles. The van der Waals surface area contributed by atoms with Gasteiger partial charge in [-0.25, -0.2) is 0 Å². The topological polar surface area (TPSA) is 20.3 Å². The predicted octanol–water partition coefficient (Wildman–Crippen LogP) is 5.39. The molecule has 0 N–H and O–H groups in total. The maximum absolute atomic E-state index is 13.0. The van der Waals surface area contributed by atoms with Crippen molar-refractivity contribution in [1.29, 1.82) is 0 Å². The molecule has 0 spiro atoms. The van der Waals surface area contributed by atoms with Crippen molar-refractivity contribution < 1.29 is 18.0 Å². The first kappa shape index (κ1) is 16.6. The van der Waals surface area contributed by atoms with E-state index in [1.54, 1.807) is 31.2 Å². The Hall–Kier alpha value is -2.27. The fourth-order valence-electron chi connectivity index (χ4n) is 2.84. The van der Waals surface area contributed by atoms with Crippen LogP contribution in [0, 0.1) is 0 Å². The van der Waals surface area contributed by atoms with Gasteiger partial charge in [0.15, 0.2) is 0 Å². The van der Waals surface area contributed by atoms with Gasteiger partial charge in [0.1, 0.15) is 0 Å². The summed E-state index contributed by atoms with van der Waals surface area (Å²) in [4.78, 5) is 13.7. The number of benzene rings is 2. The molecule has 2 aromatic rings. The number of anilines is 1. The molecule has 0 aromatic heterocycles. The summed E-state index contributed by atoms with van der Waals surface area (Å²) in [5, 5.41) is 0.551. The Kier molecular flexibility index (Phi) is 4.13. The Bertz CT molecular complexity index is 812. The van der Waals surface area contributed by atoms with Crippen LogP contribution in [0.15, 0.2) is 60.2 Å². The molecule has 0 saturated carbocycles. The van der Waals surface area contributed by atoms with Crippen LogP contribution in [0.25, 0.3) is 0 Å². The molecule has 0 radical (unpaired) electrons. The average Bonchev–Trinajstić information content (AvgIpc) is 2.82. The lowest BCUT2D eigenvalue weighted by Gasteiger charge is -2.27. The van der Waals surface area contributed by atoms with Gasteiger partial charge in [-0.1, -0.05) is 29.8 Å². The summed E-state index contributed by atoms with van der Waals surface area (Å²) in [7, 11) is 0. The molecule has 1 amide bonds. The van der Waals surface area contributed by atoms with E-state index in [0.29, 0.717) is 5.02 Å². The first-order chi connectivity index (χ1) is 11.3. The number of carbonyl (C=O) groups excluding carboxylic acids is 1. The summed E-state index contributed by atoms with van der Waals surface area (Å²) in [6.07, 6.45) is -3.02. The summed E-state index contributed by atoms with van der Waals surface area (Å²) in [5.74, 6) is -0.341. The van der Waals surface area contributed by atoms with Gasteiger partial charge in [0.2, 0.25) is 0 Å². The Morgan fingerprint density at radius 3 is 2.38 bits per heavy atom. The van der Waals surface area contributed by atoms with Gasteiger partial charge in [-0.2, -0.15) is 13.2 Å². The van der Waals surface area contributed by atoms with E-state index in [9.17, 15) is 18.0 Å². The Morgan fingerprint density at radius 1 is 1.08 bits per heavy atom. The van der Waals surface area contributed by atoms with Crippen molar-refractivity contribution in [3.05, 3.63) is 76.3 Å². The van der Waals surface area contributed by atoms with Crippen molar-refractivity contribution in [2.24, 2.45) is 0 Å². The second kappa shape index (κ2) is 5.98. The Balaban J connectivity index is 2.05. The van der Waals surface area contributed by atoms with E-state index < -0.39 is 17.8 Å². The van der Waals surface area contributed by atoms with Gasteiger partial charge in [-0.05, 0) is 48.4 Å². The van der Waals surface area contributed by atoms with E-state index in [-0.39, 0.29) is 11.6 Å². The van der Waals surface area contributed by atoms with E-state index in [1.807, 2.05) is 0 Å². The number of halogens is 4. The molecule has 0 bridgehead atoms. The third-order valence-electron chi connectivity index (χ3n) is 3.92. The SMILES string of the molecule is CC1=CC(=O)N(c2cccc(C(F)(F)F)c2)[C@H]1c1ccc(Cl)cc1. The first-order valence-corrected chi connectivity index (χ1v) is 7.59. The second-order valence-electron chi connectivity index (χ2n) is 5.60. The first-order valence-electron chi connectivity index (χ1n) is 7.21. The van der Waals surface area contributed by atoms with Crippen LogP contribution >= 0.6 is 11.6 Å². The minimum absolute atomic E-state index is 0.211. The van der Waals surface area contributed by atoms with Gasteiger partial charge in [-0.3, -0.25) is 9.69 Å². The highest BCUT2D eigenvalue weighted by molar-refractivity contribution is 6.30. The molecular formula is C18H13ClF3NO. The van der Waals surface area contributed by atoms with Crippen LogP contribution in [0.2, 0.25) is 5.02 Å². The summed E-state index contributed by atoms with van der Waals surface area (Å²) >= 11 is 5.89. The van der Waals surface area contributed by atoms with Crippen molar-refractivity contribution in [2.75, 3.05) is 4.90 Å². The van der Waals surface area contributed by atoms with Crippen molar-refractivity contribution >= 4 is 23.2 Å². The molecule has 24 heavy (non-hydrogen) atoms. The van der Waals surface area contributed by atoms with Gasteiger partial charge in [-0.15, -0.1) is 0 Å². The van der Waals surface area contributed by atoms with E-state index in [1.165, 1.54) is 23.1 Å². The predicted molar refractivity (Wildman–Crippen MR) is 86.9 cm³/mol. The summed E-state index contributed by atoms with van der Waals surface area (Å²) < 4.78 is 38.9. The zero-order valence-corrected chi connectivity index (χ0v) is 13.4.